The number of thiophene rings is 1. The molecule has 1 aromatic heterocycles. The number of thiol groups is 1. The lowest BCUT2D eigenvalue weighted by Crippen LogP contribution is -2.11. The fourth-order valence-corrected chi connectivity index (χ4v) is 8.62. The molecular formula is C47H33NS2. The zero-order chi connectivity index (χ0) is 33.6. The molecule has 1 heterocycles. The first-order valence-electron chi connectivity index (χ1n) is 16.9. The lowest BCUT2D eigenvalue weighted by atomic mass is 9.91. The van der Waals surface area contributed by atoms with Crippen molar-refractivity contribution in [2.24, 2.45) is 0 Å². The van der Waals surface area contributed by atoms with E-state index in [9.17, 15) is 0 Å². The molecule has 0 spiro atoms. The molecule has 1 nitrogen and oxygen atoms in total. The third-order valence-electron chi connectivity index (χ3n) is 9.70. The van der Waals surface area contributed by atoms with Gasteiger partial charge in [0.25, 0.3) is 0 Å². The van der Waals surface area contributed by atoms with Crippen LogP contribution in [0.15, 0.2) is 181 Å². The van der Waals surface area contributed by atoms with Crippen LogP contribution in [-0.2, 0) is 0 Å². The van der Waals surface area contributed by atoms with Gasteiger partial charge < -0.3 is 4.90 Å². The Bertz CT molecular complexity index is 2690. The lowest BCUT2D eigenvalue weighted by Gasteiger charge is -2.29. The van der Waals surface area contributed by atoms with E-state index >= 15 is 0 Å². The lowest BCUT2D eigenvalue weighted by molar-refractivity contribution is 1.29. The van der Waals surface area contributed by atoms with Gasteiger partial charge in [-0.15, -0.1) is 24.0 Å². The van der Waals surface area contributed by atoms with Crippen LogP contribution in [0.4, 0.5) is 17.1 Å². The van der Waals surface area contributed by atoms with E-state index < -0.39 is 0 Å². The average Bonchev–Trinajstić information content (AvgIpc) is 3.54. The molecule has 9 aromatic rings. The van der Waals surface area contributed by atoms with Crippen molar-refractivity contribution >= 4 is 72.0 Å². The van der Waals surface area contributed by atoms with Crippen molar-refractivity contribution in [3.05, 3.63) is 181 Å². The molecule has 0 bridgehead atoms. The van der Waals surface area contributed by atoms with Crippen molar-refractivity contribution < 1.29 is 0 Å². The van der Waals surface area contributed by atoms with Crippen molar-refractivity contribution in [2.75, 3.05) is 4.90 Å². The minimum Gasteiger partial charge on any atom is -0.310 e. The van der Waals surface area contributed by atoms with E-state index in [1.54, 1.807) is 0 Å². The quantitative estimate of drug-likeness (QED) is 0.172. The van der Waals surface area contributed by atoms with Gasteiger partial charge >= 0.3 is 0 Å². The Kier molecular flexibility index (Phi) is 7.73. The Morgan fingerprint density at radius 3 is 2.06 bits per heavy atom. The summed E-state index contributed by atoms with van der Waals surface area (Å²) in [5, 5.41) is 4.99. The van der Waals surface area contributed by atoms with Gasteiger partial charge in [0.1, 0.15) is 0 Å². The number of fused-ring (bicyclic) bond motifs is 4. The number of hydrogen-bond acceptors (Lipinski definition) is 3. The maximum Gasteiger partial charge on any atom is 0.0546 e. The molecule has 9 rings (SSSR count). The smallest absolute Gasteiger partial charge is 0.0546 e. The van der Waals surface area contributed by atoms with E-state index in [-0.39, 0.29) is 0 Å². The van der Waals surface area contributed by atoms with E-state index in [1.165, 1.54) is 64.3 Å². The summed E-state index contributed by atoms with van der Waals surface area (Å²) < 4.78 is 2.60. The van der Waals surface area contributed by atoms with E-state index in [1.807, 2.05) is 17.4 Å². The molecule has 0 unspecified atom stereocenters. The number of rotatable bonds is 6. The first kappa shape index (κ1) is 30.4. The van der Waals surface area contributed by atoms with Gasteiger partial charge in [-0.3, -0.25) is 0 Å². The molecular weight excluding hydrogens is 643 g/mol. The zero-order valence-corrected chi connectivity index (χ0v) is 29.3. The number of anilines is 3. The minimum absolute atomic E-state index is 0.974. The summed E-state index contributed by atoms with van der Waals surface area (Å²) in [5.74, 6) is 0. The molecule has 0 aliphatic carbocycles. The van der Waals surface area contributed by atoms with Crippen molar-refractivity contribution in [1.82, 2.24) is 0 Å². The Balaban J connectivity index is 1.34. The van der Waals surface area contributed by atoms with Crippen LogP contribution in [-0.4, -0.2) is 0 Å². The Hall–Kier alpha value is -5.61. The third-order valence-corrected chi connectivity index (χ3v) is 11.2. The molecule has 0 saturated heterocycles. The van der Waals surface area contributed by atoms with Crippen molar-refractivity contribution in [3.63, 3.8) is 0 Å². The molecule has 238 valence electrons. The van der Waals surface area contributed by atoms with Crippen LogP contribution in [0.5, 0.6) is 0 Å². The van der Waals surface area contributed by atoms with Gasteiger partial charge in [0.05, 0.1) is 5.69 Å². The molecule has 0 saturated carbocycles. The molecule has 0 atom stereocenters. The van der Waals surface area contributed by atoms with E-state index in [2.05, 4.69) is 182 Å². The maximum atomic E-state index is 4.87. The van der Waals surface area contributed by atoms with Crippen LogP contribution in [0.25, 0.3) is 64.3 Å². The molecule has 3 heteroatoms. The molecule has 0 fully saturated rings. The SMILES string of the molecule is Cc1ccc(-c2c(N(c3cccc(-c4ccccc4)c3)c3ccc4sc5ccccc5c4c3)ccc3ccccc23)cc1-c1ccccc1S. The van der Waals surface area contributed by atoms with Gasteiger partial charge in [-0.25, -0.2) is 0 Å². The van der Waals surface area contributed by atoms with Gasteiger partial charge in [0.2, 0.25) is 0 Å². The second kappa shape index (κ2) is 12.7. The topological polar surface area (TPSA) is 3.24 Å². The monoisotopic (exact) mass is 675 g/mol. The average molecular weight is 676 g/mol. The summed E-state index contributed by atoms with van der Waals surface area (Å²) in [6, 6.07) is 63.8. The van der Waals surface area contributed by atoms with Gasteiger partial charge in [0, 0.05) is 42.0 Å². The van der Waals surface area contributed by atoms with Gasteiger partial charge in [-0.2, -0.15) is 0 Å². The third kappa shape index (κ3) is 5.36. The normalized spacial score (nSPS) is 11.4. The highest BCUT2D eigenvalue weighted by Crippen LogP contribution is 2.47. The van der Waals surface area contributed by atoms with Gasteiger partial charge in [-0.05, 0) is 106 Å². The highest BCUT2D eigenvalue weighted by molar-refractivity contribution is 7.80. The molecule has 0 amide bonds. The molecule has 0 aliphatic heterocycles. The van der Waals surface area contributed by atoms with Crippen molar-refractivity contribution in [3.8, 4) is 33.4 Å². The first-order valence-corrected chi connectivity index (χ1v) is 18.2. The highest BCUT2D eigenvalue weighted by Gasteiger charge is 2.22. The van der Waals surface area contributed by atoms with E-state index in [4.69, 9.17) is 12.6 Å². The number of hydrogen-bond donors (Lipinski definition) is 1. The van der Waals surface area contributed by atoms with Crippen LogP contribution in [0.3, 0.4) is 0 Å². The van der Waals surface area contributed by atoms with Crippen molar-refractivity contribution in [1.29, 1.82) is 0 Å². The second-order valence-corrected chi connectivity index (χ2v) is 14.3. The Labute approximate surface area is 302 Å². The number of benzene rings is 8. The fraction of sp³-hybridized carbons (Fsp3) is 0.0213. The fourth-order valence-electron chi connectivity index (χ4n) is 7.25. The summed E-state index contributed by atoms with van der Waals surface area (Å²) in [6.45, 7) is 2.19. The second-order valence-electron chi connectivity index (χ2n) is 12.8. The molecule has 8 aromatic carbocycles. The van der Waals surface area contributed by atoms with Crippen LogP contribution < -0.4 is 4.90 Å². The summed E-state index contributed by atoms with van der Waals surface area (Å²) in [5.41, 5.74) is 11.6. The molecule has 0 radical (unpaired) electrons. The minimum atomic E-state index is 0.974. The van der Waals surface area contributed by atoms with Gasteiger partial charge in [0.15, 0.2) is 0 Å². The van der Waals surface area contributed by atoms with Crippen LogP contribution >= 0.6 is 24.0 Å². The van der Waals surface area contributed by atoms with E-state index in [0.717, 1.165) is 27.5 Å². The molecule has 50 heavy (non-hydrogen) atoms. The molecule has 0 N–H and O–H groups in total. The predicted molar refractivity (Wildman–Crippen MR) is 220 cm³/mol. The Morgan fingerprint density at radius 1 is 0.460 bits per heavy atom. The Morgan fingerprint density at radius 2 is 1.18 bits per heavy atom. The first-order chi connectivity index (χ1) is 24.6. The van der Waals surface area contributed by atoms with Gasteiger partial charge in [-0.1, -0.05) is 121 Å². The summed E-state index contributed by atoms with van der Waals surface area (Å²) in [4.78, 5) is 3.42. The van der Waals surface area contributed by atoms with Crippen molar-refractivity contribution in [2.45, 2.75) is 11.8 Å². The predicted octanol–water partition coefficient (Wildman–Crippen LogP) is 14.3. The zero-order valence-electron chi connectivity index (χ0n) is 27.5. The largest absolute Gasteiger partial charge is 0.310 e. The van der Waals surface area contributed by atoms with Crippen LogP contribution in [0.2, 0.25) is 0 Å². The maximum absolute atomic E-state index is 4.87. The highest BCUT2D eigenvalue weighted by atomic mass is 32.1. The van der Waals surface area contributed by atoms with E-state index in [0.29, 0.717) is 0 Å². The number of nitrogens with zero attached hydrogens (tertiary/aromatic N) is 1. The summed E-state index contributed by atoms with van der Waals surface area (Å²) >= 11 is 6.72. The molecule has 0 aliphatic rings. The van der Waals surface area contributed by atoms with Crippen LogP contribution in [0.1, 0.15) is 5.56 Å². The van der Waals surface area contributed by atoms with Crippen LogP contribution in [0, 0.1) is 6.92 Å². The standard InChI is InChI=1S/C47H33NS2/c1-31-22-23-35(29-41(31)39-18-7-9-20-44(39)49)47-38-17-6-5-14-33(38)24-26-43(47)48(36-16-11-15-34(28-36)32-12-3-2-4-13-32)37-25-27-46-42(30-37)40-19-8-10-21-45(40)50-46/h2-30,49H,1H3. The summed E-state index contributed by atoms with van der Waals surface area (Å²) in [6.07, 6.45) is 0. The summed E-state index contributed by atoms with van der Waals surface area (Å²) in [7, 11) is 0. The number of aryl methyl sites for hydroxylation is 1.